The van der Waals surface area contributed by atoms with E-state index in [2.05, 4.69) is 11.9 Å². The Kier molecular flexibility index (Phi) is 5.52. The number of nitrogens with one attached hydrogen (secondary N) is 1. The van der Waals surface area contributed by atoms with Crippen LogP contribution in [0.25, 0.3) is 0 Å². The zero-order valence-corrected chi connectivity index (χ0v) is 12.2. The van der Waals surface area contributed by atoms with Crippen LogP contribution in [0.5, 0.6) is 5.75 Å². The fourth-order valence-corrected chi connectivity index (χ4v) is 2.05. The molecule has 0 aliphatic heterocycles. The maximum absolute atomic E-state index is 13.7. The van der Waals surface area contributed by atoms with E-state index in [1.54, 1.807) is 0 Å². The molecule has 1 unspecified atom stereocenters. The standard InChI is InChI=1S/C12H13ClFNO4S/c1-3-6-15-12(16)8(2)19-11-5-4-9(7-10(11)14)20(13,17)18/h3-5,7-8H,1,6H2,2H3,(H,15,16). The number of benzene rings is 1. The lowest BCUT2D eigenvalue weighted by Gasteiger charge is -2.14. The van der Waals surface area contributed by atoms with Gasteiger partial charge in [-0.1, -0.05) is 6.08 Å². The van der Waals surface area contributed by atoms with Crippen molar-refractivity contribution < 1.29 is 22.3 Å². The number of amides is 1. The minimum Gasteiger partial charge on any atom is -0.478 e. The summed E-state index contributed by atoms with van der Waals surface area (Å²) in [7, 11) is 1.07. The molecule has 1 aromatic rings. The van der Waals surface area contributed by atoms with Gasteiger partial charge in [0.05, 0.1) is 4.90 Å². The lowest BCUT2D eigenvalue weighted by atomic mass is 10.3. The first kappa shape index (κ1) is 16.5. The third-order valence-electron chi connectivity index (χ3n) is 2.28. The third kappa shape index (κ3) is 4.50. The highest BCUT2D eigenvalue weighted by Gasteiger charge is 2.18. The molecule has 0 aromatic heterocycles. The Morgan fingerprint density at radius 3 is 2.75 bits per heavy atom. The molecule has 20 heavy (non-hydrogen) atoms. The van der Waals surface area contributed by atoms with Crippen molar-refractivity contribution >= 4 is 25.6 Å². The molecule has 8 heteroatoms. The van der Waals surface area contributed by atoms with Crippen LogP contribution in [-0.4, -0.2) is 27.0 Å². The monoisotopic (exact) mass is 321 g/mol. The first-order valence-corrected chi connectivity index (χ1v) is 7.86. The van der Waals surface area contributed by atoms with Crippen LogP contribution in [0.4, 0.5) is 4.39 Å². The molecule has 0 radical (unpaired) electrons. The second kappa shape index (κ2) is 6.71. The van der Waals surface area contributed by atoms with Gasteiger partial charge in [0.2, 0.25) is 0 Å². The molecule has 0 spiro atoms. The van der Waals surface area contributed by atoms with Gasteiger partial charge in [-0.2, -0.15) is 0 Å². The minimum absolute atomic E-state index is 0.240. The number of carbonyl (C=O) groups excluding carboxylic acids is 1. The summed E-state index contributed by atoms with van der Waals surface area (Å²) in [6.45, 7) is 5.13. The van der Waals surface area contributed by atoms with E-state index < -0.39 is 26.9 Å². The van der Waals surface area contributed by atoms with Crippen molar-refractivity contribution in [3.63, 3.8) is 0 Å². The van der Waals surface area contributed by atoms with E-state index in [0.29, 0.717) is 0 Å². The van der Waals surface area contributed by atoms with Crippen molar-refractivity contribution in [2.45, 2.75) is 17.9 Å². The van der Waals surface area contributed by atoms with Crippen molar-refractivity contribution in [3.05, 3.63) is 36.7 Å². The van der Waals surface area contributed by atoms with E-state index in [9.17, 15) is 17.6 Å². The SMILES string of the molecule is C=CCNC(=O)C(C)Oc1ccc(S(=O)(=O)Cl)cc1F. The zero-order chi connectivity index (χ0) is 15.3. The van der Waals surface area contributed by atoms with Crippen LogP contribution in [0.2, 0.25) is 0 Å². The van der Waals surface area contributed by atoms with Gasteiger partial charge in [-0.3, -0.25) is 4.79 Å². The van der Waals surface area contributed by atoms with Crippen LogP contribution >= 0.6 is 10.7 Å². The molecule has 1 atom stereocenters. The Morgan fingerprint density at radius 1 is 1.60 bits per heavy atom. The average Bonchev–Trinajstić information content (AvgIpc) is 2.36. The van der Waals surface area contributed by atoms with Gasteiger partial charge in [0.15, 0.2) is 17.7 Å². The summed E-state index contributed by atoms with van der Waals surface area (Å²) >= 11 is 0. The normalized spacial score (nSPS) is 12.6. The topological polar surface area (TPSA) is 72.5 Å². The minimum atomic E-state index is -4.01. The third-order valence-corrected chi connectivity index (χ3v) is 3.63. The predicted octanol–water partition coefficient (Wildman–Crippen LogP) is 1.82. The highest BCUT2D eigenvalue weighted by molar-refractivity contribution is 8.13. The summed E-state index contributed by atoms with van der Waals surface area (Å²) in [6.07, 6.45) is 0.550. The zero-order valence-electron chi connectivity index (χ0n) is 10.6. The molecule has 0 bridgehead atoms. The van der Waals surface area contributed by atoms with Gasteiger partial charge < -0.3 is 10.1 Å². The summed E-state index contributed by atoms with van der Waals surface area (Å²) < 4.78 is 40.8. The molecule has 0 aliphatic carbocycles. The first-order chi connectivity index (χ1) is 9.25. The van der Waals surface area contributed by atoms with E-state index in [4.69, 9.17) is 15.4 Å². The predicted molar refractivity (Wildman–Crippen MR) is 72.7 cm³/mol. The van der Waals surface area contributed by atoms with Gasteiger partial charge in [0.25, 0.3) is 15.0 Å². The van der Waals surface area contributed by atoms with Crippen molar-refractivity contribution in [1.82, 2.24) is 5.32 Å². The molecule has 0 saturated heterocycles. The van der Waals surface area contributed by atoms with E-state index in [-0.39, 0.29) is 17.2 Å². The molecular weight excluding hydrogens is 309 g/mol. The Balaban J connectivity index is 2.84. The van der Waals surface area contributed by atoms with E-state index in [1.165, 1.54) is 13.0 Å². The summed E-state index contributed by atoms with van der Waals surface area (Å²) in [5.41, 5.74) is 0. The highest BCUT2D eigenvalue weighted by atomic mass is 35.7. The Morgan fingerprint density at radius 2 is 2.25 bits per heavy atom. The Hall–Kier alpha value is -1.60. The number of rotatable bonds is 6. The molecule has 1 rings (SSSR count). The number of ether oxygens (including phenoxy) is 1. The van der Waals surface area contributed by atoms with Crippen molar-refractivity contribution in [2.24, 2.45) is 0 Å². The van der Waals surface area contributed by atoms with Gasteiger partial charge in [-0.05, 0) is 25.1 Å². The molecule has 0 aliphatic rings. The van der Waals surface area contributed by atoms with Crippen molar-refractivity contribution in [2.75, 3.05) is 6.54 Å². The first-order valence-electron chi connectivity index (χ1n) is 5.55. The van der Waals surface area contributed by atoms with Crippen LogP contribution in [0, 0.1) is 5.82 Å². The fraction of sp³-hybridized carbons (Fsp3) is 0.250. The Bertz CT molecular complexity index is 618. The summed E-state index contributed by atoms with van der Waals surface area (Å²) in [5.74, 6) is -1.61. The van der Waals surface area contributed by atoms with Gasteiger partial charge in [-0.15, -0.1) is 6.58 Å². The molecular formula is C12H13ClFNO4S. The van der Waals surface area contributed by atoms with Gasteiger partial charge in [-0.25, -0.2) is 12.8 Å². The summed E-state index contributed by atoms with van der Waals surface area (Å²) in [5, 5.41) is 2.49. The average molecular weight is 322 g/mol. The van der Waals surface area contributed by atoms with Crippen molar-refractivity contribution in [3.8, 4) is 5.75 Å². The lowest BCUT2D eigenvalue weighted by molar-refractivity contribution is -0.127. The van der Waals surface area contributed by atoms with Crippen LogP contribution in [0.15, 0.2) is 35.7 Å². The summed E-state index contributed by atoms with van der Waals surface area (Å²) in [4.78, 5) is 11.1. The van der Waals surface area contributed by atoms with Gasteiger partial charge in [0.1, 0.15) is 0 Å². The number of hydrogen-bond donors (Lipinski definition) is 1. The van der Waals surface area contributed by atoms with E-state index in [1.807, 2.05) is 0 Å². The second-order valence-electron chi connectivity index (χ2n) is 3.82. The molecule has 0 saturated carbocycles. The van der Waals surface area contributed by atoms with E-state index in [0.717, 1.165) is 18.2 Å². The number of halogens is 2. The Labute approximate surface area is 120 Å². The fourth-order valence-electron chi connectivity index (χ4n) is 1.29. The molecule has 5 nitrogen and oxygen atoms in total. The smallest absolute Gasteiger partial charge is 0.261 e. The van der Waals surface area contributed by atoms with Crippen LogP contribution in [0.3, 0.4) is 0 Å². The molecule has 110 valence electrons. The van der Waals surface area contributed by atoms with E-state index >= 15 is 0 Å². The van der Waals surface area contributed by atoms with Crippen LogP contribution in [-0.2, 0) is 13.8 Å². The summed E-state index contributed by atoms with van der Waals surface area (Å²) in [6, 6.07) is 2.92. The van der Waals surface area contributed by atoms with Crippen LogP contribution < -0.4 is 10.1 Å². The van der Waals surface area contributed by atoms with Crippen LogP contribution in [0.1, 0.15) is 6.92 Å². The maximum atomic E-state index is 13.7. The molecule has 1 amide bonds. The number of carbonyl (C=O) groups is 1. The van der Waals surface area contributed by atoms with Crippen molar-refractivity contribution in [1.29, 1.82) is 0 Å². The molecule has 1 aromatic carbocycles. The molecule has 0 fully saturated rings. The molecule has 1 N–H and O–H groups in total. The quantitative estimate of drug-likeness (QED) is 0.641. The van der Waals surface area contributed by atoms with Gasteiger partial charge in [0, 0.05) is 17.2 Å². The highest BCUT2D eigenvalue weighted by Crippen LogP contribution is 2.24. The largest absolute Gasteiger partial charge is 0.478 e. The maximum Gasteiger partial charge on any atom is 0.261 e. The molecule has 0 heterocycles. The number of hydrogen-bond acceptors (Lipinski definition) is 4. The second-order valence-corrected chi connectivity index (χ2v) is 6.39. The van der Waals surface area contributed by atoms with Gasteiger partial charge >= 0.3 is 0 Å². The lowest BCUT2D eigenvalue weighted by Crippen LogP contribution is -2.36.